The highest BCUT2D eigenvalue weighted by Gasteiger charge is 2.29. The number of carboxylic acid groups (broad SMARTS) is 1. The molecule has 5 heteroatoms. The molecule has 0 unspecified atom stereocenters. The van der Waals surface area contributed by atoms with E-state index in [0.717, 1.165) is 17.9 Å². The Morgan fingerprint density at radius 3 is 2.71 bits per heavy atom. The van der Waals surface area contributed by atoms with Crippen LogP contribution in [0.2, 0.25) is 0 Å². The number of amides is 1. The SMILES string of the molecule is COc1ccc([C@@H]2CNC[C@H]2NC(=O)O)cc1. The molecule has 1 aromatic rings. The molecule has 0 radical (unpaired) electrons. The van der Waals surface area contributed by atoms with Crippen LogP contribution < -0.4 is 15.4 Å². The highest BCUT2D eigenvalue weighted by Crippen LogP contribution is 2.24. The summed E-state index contributed by atoms with van der Waals surface area (Å²) >= 11 is 0. The van der Waals surface area contributed by atoms with Gasteiger partial charge in [-0.25, -0.2) is 4.79 Å². The lowest BCUT2D eigenvalue weighted by Gasteiger charge is -2.18. The Kier molecular flexibility index (Phi) is 3.49. The number of hydrogen-bond donors (Lipinski definition) is 3. The maximum absolute atomic E-state index is 10.7. The lowest BCUT2D eigenvalue weighted by molar-refractivity contribution is 0.189. The first-order valence-corrected chi connectivity index (χ1v) is 5.55. The third-order valence-electron chi connectivity index (χ3n) is 3.07. The van der Waals surface area contributed by atoms with Crippen molar-refractivity contribution in [2.75, 3.05) is 20.2 Å². The maximum atomic E-state index is 10.7. The van der Waals surface area contributed by atoms with Gasteiger partial charge in [0.15, 0.2) is 0 Å². The first-order valence-electron chi connectivity index (χ1n) is 5.55. The van der Waals surface area contributed by atoms with Crippen LogP contribution >= 0.6 is 0 Å². The van der Waals surface area contributed by atoms with Crippen LogP contribution in [0.4, 0.5) is 4.79 Å². The largest absolute Gasteiger partial charge is 0.497 e. The molecule has 1 heterocycles. The summed E-state index contributed by atoms with van der Waals surface area (Å²) in [5, 5.41) is 14.5. The molecule has 17 heavy (non-hydrogen) atoms. The normalized spacial score (nSPS) is 23.4. The Bertz CT molecular complexity index is 391. The summed E-state index contributed by atoms with van der Waals surface area (Å²) in [5.41, 5.74) is 1.12. The highest BCUT2D eigenvalue weighted by atomic mass is 16.5. The fourth-order valence-electron chi connectivity index (χ4n) is 2.19. The summed E-state index contributed by atoms with van der Waals surface area (Å²) < 4.78 is 5.10. The topological polar surface area (TPSA) is 70.6 Å². The standard InChI is InChI=1S/C12H16N2O3/c1-17-9-4-2-8(3-5-9)10-6-13-7-11(10)14-12(15)16/h2-5,10-11,13-14H,6-7H2,1H3,(H,15,16)/t10-,11+/m0/s1. The number of methoxy groups -OCH3 is 1. The summed E-state index contributed by atoms with van der Waals surface area (Å²) in [6.45, 7) is 1.46. The summed E-state index contributed by atoms with van der Waals surface area (Å²) in [5.74, 6) is 0.986. The van der Waals surface area contributed by atoms with Gasteiger partial charge >= 0.3 is 6.09 Å². The van der Waals surface area contributed by atoms with Crippen LogP contribution in [0.5, 0.6) is 5.75 Å². The van der Waals surface area contributed by atoms with Crippen LogP contribution in [0, 0.1) is 0 Å². The zero-order chi connectivity index (χ0) is 12.3. The second-order valence-corrected chi connectivity index (χ2v) is 4.09. The van der Waals surface area contributed by atoms with E-state index < -0.39 is 6.09 Å². The summed E-state index contributed by atoms with van der Waals surface area (Å²) in [4.78, 5) is 10.7. The third-order valence-corrected chi connectivity index (χ3v) is 3.07. The average Bonchev–Trinajstić information content (AvgIpc) is 2.76. The summed E-state index contributed by atoms with van der Waals surface area (Å²) in [6, 6.07) is 7.68. The van der Waals surface area contributed by atoms with E-state index in [4.69, 9.17) is 9.84 Å². The van der Waals surface area contributed by atoms with Crippen LogP contribution in [0.1, 0.15) is 11.5 Å². The molecule has 92 valence electrons. The maximum Gasteiger partial charge on any atom is 0.404 e. The predicted molar refractivity (Wildman–Crippen MR) is 63.6 cm³/mol. The molecular formula is C12H16N2O3. The van der Waals surface area contributed by atoms with E-state index in [2.05, 4.69) is 10.6 Å². The Balaban J connectivity index is 2.11. The molecule has 1 saturated heterocycles. The quantitative estimate of drug-likeness (QED) is 0.732. The fraction of sp³-hybridized carbons (Fsp3) is 0.417. The van der Waals surface area contributed by atoms with Crippen molar-refractivity contribution in [1.82, 2.24) is 10.6 Å². The third kappa shape index (κ3) is 2.68. The van der Waals surface area contributed by atoms with Crippen LogP contribution in [-0.4, -0.2) is 37.4 Å². The van der Waals surface area contributed by atoms with Crippen LogP contribution in [0.3, 0.4) is 0 Å². The molecule has 2 atom stereocenters. The number of ether oxygens (including phenoxy) is 1. The van der Waals surface area contributed by atoms with Crippen molar-refractivity contribution < 1.29 is 14.6 Å². The Morgan fingerprint density at radius 1 is 1.41 bits per heavy atom. The van der Waals surface area contributed by atoms with E-state index >= 15 is 0 Å². The molecule has 3 N–H and O–H groups in total. The average molecular weight is 236 g/mol. The summed E-state index contributed by atoms with van der Waals surface area (Å²) in [7, 11) is 1.63. The molecule has 0 bridgehead atoms. The molecule has 1 aliphatic heterocycles. The number of rotatable bonds is 3. The Morgan fingerprint density at radius 2 is 2.12 bits per heavy atom. The lowest BCUT2D eigenvalue weighted by atomic mass is 9.94. The van der Waals surface area contributed by atoms with Crippen molar-refractivity contribution in [2.45, 2.75) is 12.0 Å². The first-order chi connectivity index (χ1) is 8.20. The van der Waals surface area contributed by atoms with E-state index in [1.165, 1.54) is 0 Å². The fourth-order valence-corrected chi connectivity index (χ4v) is 2.19. The van der Waals surface area contributed by atoms with Gasteiger partial charge in [0.05, 0.1) is 13.2 Å². The van der Waals surface area contributed by atoms with Gasteiger partial charge in [-0.1, -0.05) is 12.1 Å². The number of benzene rings is 1. The van der Waals surface area contributed by atoms with E-state index in [0.29, 0.717) is 6.54 Å². The van der Waals surface area contributed by atoms with Gasteiger partial charge in [0.25, 0.3) is 0 Å². The van der Waals surface area contributed by atoms with Gasteiger partial charge in [0.2, 0.25) is 0 Å². The van der Waals surface area contributed by atoms with Gasteiger partial charge < -0.3 is 20.5 Å². The van der Waals surface area contributed by atoms with Crippen molar-refractivity contribution in [3.05, 3.63) is 29.8 Å². The van der Waals surface area contributed by atoms with Gasteiger partial charge in [-0.3, -0.25) is 0 Å². The van der Waals surface area contributed by atoms with Gasteiger partial charge in [-0.2, -0.15) is 0 Å². The van der Waals surface area contributed by atoms with Crippen LogP contribution in [0.25, 0.3) is 0 Å². The smallest absolute Gasteiger partial charge is 0.404 e. The molecule has 1 aromatic carbocycles. The van der Waals surface area contributed by atoms with Crippen molar-refractivity contribution in [1.29, 1.82) is 0 Å². The monoisotopic (exact) mass is 236 g/mol. The van der Waals surface area contributed by atoms with E-state index in [1.807, 2.05) is 24.3 Å². The Hall–Kier alpha value is -1.75. The molecule has 0 saturated carbocycles. The second kappa shape index (κ2) is 5.05. The van der Waals surface area contributed by atoms with E-state index in [-0.39, 0.29) is 12.0 Å². The van der Waals surface area contributed by atoms with Crippen molar-refractivity contribution >= 4 is 6.09 Å². The summed E-state index contributed by atoms with van der Waals surface area (Å²) in [6.07, 6.45) is -0.975. The zero-order valence-electron chi connectivity index (χ0n) is 9.64. The molecule has 1 amide bonds. The number of carbonyl (C=O) groups is 1. The second-order valence-electron chi connectivity index (χ2n) is 4.09. The molecule has 0 spiro atoms. The predicted octanol–water partition coefficient (Wildman–Crippen LogP) is 1.02. The molecule has 0 aliphatic carbocycles. The lowest BCUT2D eigenvalue weighted by Crippen LogP contribution is -2.38. The minimum atomic E-state index is -0.975. The number of hydrogen-bond acceptors (Lipinski definition) is 3. The molecule has 1 aliphatic rings. The highest BCUT2D eigenvalue weighted by molar-refractivity contribution is 5.65. The van der Waals surface area contributed by atoms with Gasteiger partial charge in [0, 0.05) is 19.0 Å². The van der Waals surface area contributed by atoms with Crippen molar-refractivity contribution in [3.63, 3.8) is 0 Å². The first kappa shape index (κ1) is 11.7. The Labute approximate surface area is 99.8 Å². The molecule has 0 aromatic heterocycles. The van der Waals surface area contributed by atoms with Crippen LogP contribution in [-0.2, 0) is 0 Å². The molecule has 1 fully saturated rings. The van der Waals surface area contributed by atoms with Crippen molar-refractivity contribution in [2.24, 2.45) is 0 Å². The van der Waals surface area contributed by atoms with Gasteiger partial charge in [-0.15, -0.1) is 0 Å². The minimum absolute atomic E-state index is 0.0686. The van der Waals surface area contributed by atoms with Crippen molar-refractivity contribution in [3.8, 4) is 5.75 Å². The molecule has 5 nitrogen and oxygen atoms in total. The van der Waals surface area contributed by atoms with Crippen LogP contribution in [0.15, 0.2) is 24.3 Å². The van der Waals surface area contributed by atoms with Gasteiger partial charge in [0.1, 0.15) is 5.75 Å². The van der Waals surface area contributed by atoms with Gasteiger partial charge in [-0.05, 0) is 17.7 Å². The van der Waals surface area contributed by atoms with E-state index in [9.17, 15) is 4.79 Å². The molecule has 2 rings (SSSR count). The minimum Gasteiger partial charge on any atom is -0.497 e. The zero-order valence-corrected chi connectivity index (χ0v) is 9.64. The molecular weight excluding hydrogens is 220 g/mol. The van der Waals surface area contributed by atoms with E-state index in [1.54, 1.807) is 7.11 Å². The number of nitrogens with one attached hydrogen (secondary N) is 2.